The Kier molecular flexibility index (Phi) is 8.14. The minimum absolute atomic E-state index is 0.867. The highest BCUT2D eigenvalue weighted by Crippen LogP contribution is 2.14. The molecule has 0 atom stereocenters. The van der Waals surface area contributed by atoms with E-state index in [0.29, 0.717) is 0 Å². The van der Waals surface area contributed by atoms with Gasteiger partial charge in [-0.05, 0) is 43.3 Å². The van der Waals surface area contributed by atoms with Gasteiger partial charge in [0, 0.05) is 24.7 Å². The molecule has 0 unspecified atom stereocenters. The van der Waals surface area contributed by atoms with Crippen molar-refractivity contribution in [3.8, 4) is 0 Å². The van der Waals surface area contributed by atoms with Gasteiger partial charge in [0.05, 0.1) is 0 Å². The number of thioether (sulfide) groups is 1. The SMILES string of the molecule is CCCOCCCNCc1ccc(SC)cc1. The first-order chi connectivity index (χ1) is 8.36. The maximum Gasteiger partial charge on any atom is 0.0478 e. The van der Waals surface area contributed by atoms with Gasteiger partial charge in [-0.15, -0.1) is 11.8 Å². The summed E-state index contributed by atoms with van der Waals surface area (Å²) in [7, 11) is 0. The molecule has 0 radical (unpaired) electrons. The van der Waals surface area contributed by atoms with E-state index in [1.807, 2.05) is 0 Å². The topological polar surface area (TPSA) is 21.3 Å². The maximum absolute atomic E-state index is 5.42. The maximum atomic E-state index is 5.42. The van der Waals surface area contributed by atoms with Crippen molar-refractivity contribution in [2.75, 3.05) is 26.0 Å². The standard InChI is InChI=1S/C14H23NOS/c1-3-10-16-11-4-9-15-12-13-5-7-14(17-2)8-6-13/h5-8,15H,3-4,9-12H2,1-2H3. The number of ether oxygens (including phenoxy) is 1. The van der Waals surface area contributed by atoms with Crippen molar-refractivity contribution in [3.63, 3.8) is 0 Å². The third-order valence-corrected chi connectivity index (χ3v) is 3.22. The predicted octanol–water partition coefficient (Wildman–Crippen LogP) is 3.31. The Morgan fingerprint density at radius 2 is 1.94 bits per heavy atom. The van der Waals surface area contributed by atoms with Crippen molar-refractivity contribution in [1.82, 2.24) is 5.32 Å². The van der Waals surface area contributed by atoms with E-state index in [2.05, 4.69) is 42.8 Å². The van der Waals surface area contributed by atoms with E-state index >= 15 is 0 Å². The van der Waals surface area contributed by atoms with Gasteiger partial charge in [0.2, 0.25) is 0 Å². The van der Waals surface area contributed by atoms with E-state index in [9.17, 15) is 0 Å². The predicted molar refractivity (Wildman–Crippen MR) is 75.7 cm³/mol. The molecule has 1 aromatic carbocycles. The molecule has 1 N–H and O–H groups in total. The average molecular weight is 253 g/mol. The lowest BCUT2D eigenvalue weighted by Crippen LogP contribution is -2.16. The minimum atomic E-state index is 0.867. The highest BCUT2D eigenvalue weighted by atomic mass is 32.2. The van der Waals surface area contributed by atoms with Gasteiger partial charge in [0.1, 0.15) is 0 Å². The Bertz CT molecular complexity index is 287. The van der Waals surface area contributed by atoms with Crippen LogP contribution in [0.2, 0.25) is 0 Å². The lowest BCUT2D eigenvalue weighted by molar-refractivity contribution is 0.132. The highest BCUT2D eigenvalue weighted by molar-refractivity contribution is 7.98. The number of nitrogens with one attached hydrogen (secondary N) is 1. The molecule has 96 valence electrons. The van der Waals surface area contributed by atoms with E-state index in [4.69, 9.17) is 4.74 Å². The molecule has 1 rings (SSSR count). The second-order valence-corrected chi connectivity index (χ2v) is 4.87. The zero-order chi connectivity index (χ0) is 12.3. The zero-order valence-electron chi connectivity index (χ0n) is 10.9. The van der Waals surface area contributed by atoms with Crippen LogP contribution in [0.4, 0.5) is 0 Å². The summed E-state index contributed by atoms with van der Waals surface area (Å²) in [5.41, 5.74) is 1.34. The molecule has 0 heterocycles. The Hall–Kier alpha value is -0.510. The van der Waals surface area contributed by atoms with Gasteiger partial charge in [-0.25, -0.2) is 0 Å². The van der Waals surface area contributed by atoms with Crippen molar-refractivity contribution in [2.24, 2.45) is 0 Å². The van der Waals surface area contributed by atoms with E-state index in [-0.39, 0.29) is 0 Å². The quantitative estimate of drug-likeness (QED) is 0.539. The lowest BCUT2D eigenvalue weighted by Gasteiger charge is -2.06. The number of hydrogen-bond acceptors (Lipinski definition) is 3. The molecule has 0 fully saturated rings. The average Bonchev–Trinajstić information content (AvgIpc) is 2.38. The molecule has 0 aromatic heterocycles. The number of rotatable bonds is 9. The summed E-state index contributed by atoms with van der Waals surface area (Å²) in [5.74, 6) is 0. The van der Waals surface area contributed by atoms with Gasteiger partial charge < -0.3 is 10.1 Å². The molecular weight excluding hydrogens is 230 g/mol. The molecule has 0 aliphatic rings. The van der Waals surface area contributed by atoms with Crippen LogP contribution in [0.15, 0.2) is 29.2 Å². The second kappa shape index (κ2) is 9.51. The van der Waals surface area contributed by atoms with Crippen molar-refractivity contribution < 1.29 is 4.74 Å². The molecule has 0 saturated heterocycles. The van der Waals surface area contributed by atoms with E-state index in [1.54, 1.807) is 11.8 Å². The molecule has 0 bridgehead atoms. The summed E-state index contributed by atoms with van der Waals surface area (Å²) in [6, 6.07) is 8.72. The first-order valence-corrected chi connectivity index (χ1v) is 7.50. The Labute approximate surface area is 109 Å². The van der Waals surface area contributed by atoms with E-state index in [1.165, 1.54) is 10.5 Å². The fraction of sp³-hybridized carbons (Fsp3) is 0.571. The Balaban J connectivity index is 2.05. The summed E-state index contributed by atoms with van der Waals surface area (Å²) in [4.78, 5) is 1.32. The van der Waals surface area contributed by atoms with Gasteiger partial charge in [-0.3, -0.25) is 0 Å². The Morgan fingerprint density at radius 3 is 2.59 bits per heavy atom. The fourth-order valence-corrected chi connectivity index (χ4v) is 1.93. The van der Waals surface area contributed by atoms with Gasteiger partial charge >= 0.3 is 0 Å². The molecule has 0 amide bonds. The van der Waals surface area contributed by atoms with Gasteiger partial charge in [-0.2, -0.15) is 0 Å². The molecular formula is C14H23NOS. The minimum Gasteiger partial charge on any atom is -0.381 e. The third kappa shape index (κ3) is 6.71. The van der Waals surface area contributed by atoms with Crippen molar-refractivity contribution in [3.05, 3.63) is 29.8 Å². The van der Waals surface area contributed by atoms with Gasteiger partial charge in [0.25, 0.3) is 0 Å². The van der Waals surface area contributed by atoms with Crippen LogP contribution in [0.5, 0.6) is 0 Å². The van der Waals surface area contributed by atoms with Crippen LogP contribution in [-0.4, -0.2) is 26.0 Å². The molecule has 0 saturated carbocycles. The summed E-state index contributed by atoms with van der Waals surface area (Å²) in [6.45, 7) is 5.86. The van der Waals surface area contributed by atoms with Crippen molar-refractivity contribution >= 4 is 11.8 Å². The van der Waals surface area contributed by atoms with Crippen LogP contribution in [0.3, 0.4) is 0 Å². The van der Waals surface area contributed by atoms with Crippen molar-refractivity contribution in [2.45, 2.75) is 31.2 Å². The van der Waals surface area contributed by atoms with Crippen LogP contribution in [0.25, 0.3) is 0 Å². The van der Waals surface area contributed by atoms with Crippen LogP contribution < -0.4 is 5.32 Å². The van der Waals surface area contributed by atoms with Crippen LogP contribution in [-0.2, 0) is 11.3 Å². The first-order valence-electron chi connectivity index (χ1n) is 6.28. The first kappa shape index (κ1) is 14.6. The molecule has 0 aliphatic heterocycles. The number of benzene rings is 1. The van der Waals surface area contributed by atoms with E-state index < -0.39 is 0 Å². The van der Waals surface area contributed by atoms with Gasteiger partial charge in [-0.1, -0.05) is 19.1 Å². The zero-order valence-corrected chi connectivity index (χ0v) is 11.7. The second-order valence-electron chi connectivity index (χ2n) is 3.99. The third-order valence-electron chi connectivity index (χ3n) is 2.48. The summed E-state index contributed by atoms with van der Waals surface area (Å²) in [5, 5.41) is 3.43. The summed E-state index contributed by atoms with van der Waals surface area (Å²) in [6.07, 6.45) is 4.29. The molecule has 17 heavy (non-hydrogen) atoms. The van der Waals surface area contributed by atoms with Crippen LogP contribution in [0.1, 0.15) is 25.3 Å². The largest absolute Gasteiger partial charge is 0.381 e. The molecule has 2 nitrogen and oxygen atoms in total. The normalized spacial score (nSPS) is 10.7. The highest BCUT2D eigenvalue weighted by Gasteiger charge is 1.94. The van der Waals surface area contributed by atoms with Gasteiger partial charge in [0.15, 0.2) is 0 Å². The summed E-state index contributed by atoms with van der Waals surface area (Å²) >= 11 is 1.78. The lowest BCUT2D eigenvalue weighted by atomic mass is 10.2. The van der Waals surface area contributed by atoms with Crippen LogP contribution in [0, 0.1) is 0 Å². The molecule has 0 spiro atoms. The molecule has 0 aliphatic carbocycles. The summed E-state index contributed by atoms with van der Waals surface area (Å²) < 4.78 is 5.42. The monoisotopic (exact) mass is 253 g/mol. The molecule has 3 heteroatoms. The fourth-order valence-electron chi connectivity index (χ4n) is 1.52. The molecule has 1 aromatic rings. The van der Waals surface area contributed by atoms with Crippen molar-refractivity contribution in [1.29, 1.82) is 0 Å². The van der Waals surface area contributed by atoms with E-state index in [0.717, 1.165) is 39.1 Å². The Morgan fingerprint density at radius 1 is 1.18 bits per heavy atom. The number of hydrogen-bond donors (Lipinski definition) is 1. The smallest absolute Gasteiger partial charge is 0.0478 e. The van der Waals surface area contributed by atoms with Crippen LogP contribution >= 0.6 is 11.8 Å².